The van der Waals surface area contributed by atoms with Gasteiger partial charge >= 0.3 is 0 Å². The average Bonchev–Trinajstić information content (AvgIpc) is 2.29. The van der Waals surface area contributed by atoms with Gasteiger partial charge in [0.1, 0.15) is 0 Å². The van der Waals surface area contributed by atoms with Crippen LogP contribution in [-0.2, 0) is 9.47 Å². The van der Waals surface area contributed by atoms with Gasteiger partial charge in [-0.1, -0.05) is 32.9 Å². The highest BCUT2D eigenvalue weighted by Gasteiger charge is 2.06. The first-order chi connectivity index (χ1) is 8.37. The molecule has 0 radical (unpaired) electrons. The van der Waals surface area contributed by atoms with Crippen LogP contribution in [0.15, 0.2) is 24.7 Å². The van der Waals surface area contributed by atoms with Gasteiger partial charge in [-0.15, -0.1) is 0 Å². The first-order valence-corrected chi connectivity index (χ1v) is 7.00. The molecule has 0 aromatic carbocycles. The number of hydrogen-bond donors (Lipinski definition) is 0. The second-order valence-electron chi connectivity index (χ2n) is 5.15. The minimum Gasteiger partial charge on any atom is -0.499 e. The first kappa shape index (κ1) is 19.4. The topological polar surface area (TPSA) is 18.5 Å². The highest BCUT2D eigenvalue weighted by atomic mass is 16.5. The Labute approximate surface area is 114 Å². The van der Waals surface area contributed by atoms with Crippen molar-refractivity contribution in [1.29, 1.82) is 0 Å². The van der Waals surface area contributed by atoms with Crippen LogP contribution < -0.4 is 0 Å². The van der Waals surface area contributed by atoms with E-state index in [2.05, 4.69) is 27.7 Å². The fourth-order valence-electron chi connectivity index (χ4n) is 0.731. The van der Waals surface area contributed by atoms with Crippen molar-refractivity contribution in [1.82, 2.24) is 0 Å². The molecule has 1 atom stereocenters. The summed E-state index contributed by atoms with van der Waals surface area (Å²) >= 11 is 0. The molecule has 0 aromatic heterocycles. The Bertz CT molecular complexity index is 212. The van der Waals surface area contributed by atoms with Gasteiger partial charge in [0.05, 0.1) is 24.2 Å². The highest BCUT2D eigenvalue weighted by Crippen LogP contribution is 2.06. The van der Waals surface area contributed by atoms with Gasteiger partial charge in [-0.3, -0.25) is 0 Å². The maximum Gasteiger partial charge on any atom is 0.0998 e. The molecule has 0 rings (SSSR count). The predicted molar refractivity (Wildman–Crippen MR) is 80.5 cm³/mol. The smallest absolute Gasteiger partial charge is 0.0998 e. The zero-order valence-electron chi connectivity index (χ0n) is 13.3. The van der Waals surface area contributed by atoms with Crippen LogP contribution in [0.3, 0.4) is 0 Å². The SMILES string of the molecule is CCC=COC(C)(C)C.CCC=COC(C)CC. The van der Waals surface area contributed by atoms with Crippen LogP contribution in [0.25, 0.3) is 0 Å². The van der Waals surface area contributed by atoms with E-state index < -0.39 is 0 Å². The summed E-state index contributed by atoms with van der Waals surface area (Å²) in [5.41, 5.74) is -0.0360. The Hall–Kier alpha value is -0.920. The average molecular weight is 256 g/mol. The van der Waals surface area contributed by atoms with Crippen molar-refractivity contribution in [3.8, 4) is 0 Å². The number of hydrogen-bond acceptors (Lipinski definition) is 2. The fourth-order valence-corrected chi connectivity index (χ4v) is 0.731. The van der Waals surface area contributed by atoms with Crippen molar-refractivity contribution >= 4 is 0 Å². The first-order valence-electron chi connectivity index (χ1n) is 7.00. The fraction of sp³-hybridized carbons (Fsp3) is 0.750. The molecule has 0 bridgehead atoms. The molecule has 1 unspecified atom stereocenters. The zero-order valence-corrected chi connectivity index (χ0v) is 13.3. The van der Waals surface area contributed by atoms with Crippen LogP contribution in [0.4, 0.5) is 0 Å². The van der Waals surface area contributed by atoms with Crippen LogP contribution in [0.5, 0.6) is 0 Å². The van der Waals surface area contributed by atoms with Gasteiger partial charge in [-0.25, -0.2) is 0 Å². The Morgan fingerprint density at radius 3 is 1.83 bits per heavy atom. The van der Waals surface area contributed by atoms with Gasteiger partial charge in [0, 0.05) is 0 Å². The molecule has 0 saturated heterocycles. The molecule has 2 nitrogen and oxygen atoms in total. The number of allylic oxidation sites excluding steroid dienone is 2. The molecule has 0 aliphatic heterocycles. The second-order valence-corrected chi connectivity index (χ2v) is 5.15. The normalized spacial score (nSPS) is 13.3. The summed E-state index contributed by atoms with van der Waals surface area (Å²) in [5.74, 6) is 0. The summed E-state index contributed by atoms with van der Waals surface area (Å²) in [6.07, 6.45) is 11.1. The minimum absolute atomic E-state index is 0.0360. The third-order valence-corrected chi connectivity index (χ3v) is 1.97. The van der Waals surface area contributed by atoms with Crippen molar-refractivity contribution < 1.29 is 9.47 Å². The van der Waals surface area contributed by atoms with Gasteiger partial charge in [-0.2, -0.15) is 0 Å². The summed E-state index contributed by atoms with van der Waals surface area (Å²) < 4.78 is 10.5. The molecule has 18 heavy (non-hydrogen) atoms. The lowest BCUT2D eigenvalue weighted by atomic mass is 10.2. The molecular weight excluding hydrogens is 224 g/mol. The van der Waals surface area contributed by atoms with Gasteiger partial charge < -0.3 is 9.47 Å². The monoisotopic (exact) mass is 256 g/mol. The summed E-state index contributed by atoms with van der Waals surface area (Å²) in [5, 5.41) is 0. The van der Waals surface area contributed by atoms with Crippen LogP contribution in [0.1, 0.15) is 67.7 Å². The maximum atomic E-state index is 5.29. The summed E-state index contributed by atoms with van der Waals surface area (Å²) in [6, 6.07) is 0. The Morgan fingerprint density at radius 2 is 1.44 bits per heavy atom. The molecule has 0 aliphatic rings. The molecule has 0 saturated carbocycles. The van der Waals surface area contributed by atoms with E-state index in [1.165, 1.54) is 0 Å². The Kier molecular flexibility index (Phi) is 13.5. The zero-order chi connectivity index (χ0) is 14.4. The molecule has 108 valence electrons. The summed E-state index contributed by atoms with van der Waals surface area (Å²) in [4.78, 5) is 0. The third kappa shape index (κ3) is 20.5. The quantitative estimate of drug-likeness (QED) is 0.588. The number of ether oxygens (including phenoxy) is 2. The standard InChI is InChI=1S/2C8H16O/c1-5-6-7-9-8(2,3)4;1-4-6-7-9-8(3)5-2/h6-7H,5H2,1-4H3;6-8H,4-5H2,1-3H3. The molecule has 0 N–H and O–H groups in total. The van der Waals surface area contributed by atoms with Gasteiger partial charge in [-0.05, 0) is 47.0 Å². The van der Waals surface area contributed by atoms with E-state index in [1.807, 2.05) is 32.9 Å². The van der Waals surface area contributed by atoms with E-state index in [9.17, 15) is 0 Å². The van der Waals surface area contributed by atoms with Crippen LogP contribution in [0.2, 0.25) is 0 Å². The Balaban J connectivity index is 0. The largest absolute Gasteiger partial charge is 0.499 e. The van der Waals surface area contributed by atoms with Gasteiger partial charge in [0.25, 0.3) is 0 Å². The van der Waals surface area contributed by atoms with Crippen molar-refractivity contribution in [3.05, 3.63) is 24.7 Å². The molecule has 0 spiro atoms. The summed E-state index contributed by atoms with van der Waals surface area (Å²) in [6.45, 7) is 14.5. The lowest BCUT2D eigenvalue weighted by molar-refractivity contribution is 0.0762. The third-order valence-electron chi connectivity index (χ3n) is 1.97. The molecule has 0 amide bonds. The van der Waals surface area contributed by atoms with E-state index >= 15 is 0 Å². The summed E-state index contributed by atoms with van der Waals surface area (Å²) in [7, 11) is 0. The highest BCUT2D eigenvalue weighted by molar-refractivity contribution is 4.74. The molecule has 0 fully saturated rings. The molecule has 0 aliphatic carbocycles. The lowest BCUT2D eigenvalue weighted by Crippen LogP contribution is -2.15. The Morgan fingerprint density at radius 1 is 0.944 bits per heavy atom. The maximum absolute atomic E-state index is 5.29. The van der Waals surface area contributed by atoms with Crippen molar-refractivity contribution in [2.45, 2.75) is 79.4 Å². The van der Waals surface area contributed by atoms with E-state index in [0.29, 0.717) is 6.10 Å². The van der Waals surface area contributed by atoms with Crippen molar-refractivity contribution in [2.75, 3.05) is 0 Å². The number of rotatable bonds is 6. The second kappa shape index (κ2) is 12.5. The van der Waals surface area contributed by atoms with E-state index in [4.69, 9.17) is 9.47 Å². The van der Waals surface area contributed by atoms with E-state index in [0.717, 1.165) is 19.3 Å². The molecular formula is C16H32O2. The van der Waals surface area contributed by atoms with Crippen LogP contribution in [-0.4, -0.2) is 11.7 Å². The van der Waals surface area contributed by atoms with E-state index in [-0.39, 0.29) is 5.60 Å². The molecule has 2 heteroatoms. The molecule has 0 aromatic rings. The van der Waals surface area contributed by atoms with Crippen molar-refractivity contribution in [2.24, 2.45) is 0 Å². The minimum atomic E-state index is -0.0360. The van der Waals surface area contributed by atoms with Crippen LogP contribution >= 0.6 is 0 Å². The van der Waals surface area contributed by atoms with Gasteiger partial charge in [0.15, 0.2) is 0 Å². The van der Waals surface area contributed by atoms with Gasteiger partial charge in [0.2, 0.25) is 0 Å². The predicted octanol–water partition coefficient (Wildman–Crippen LogP) is 5.45. The van der Waals surface area contributed by atoms with Crippen molar-refractivity contribution in [3.63, 3.8) is 0 Å². The lowest BCUT2D eigenvalue weighted by Gasteiger charge is -2.17. The van der Waals surface area contributed by atoms with Crippen LogP contribution in [0, 0.1) is 0 Å². The molecule has 0 heterocycles. The van der Waals surface area contributed by atoms with E-state index in [1.54, 1.807) is 12.5 Å².